The highest BCUT2D eigenvalue weighted by Crippen LogP contribution is 2.47. The molecule has 0 aliphatic heterocycles. The second-order valence-electron chi connectivity index (χ2n) is 8.44. The lowest BCUT2D eigenvalue weighted by Gasteiger charge is -2.14. The zero-order valence-electron chi connectivity index (χ0n) is 16.8. The number of anilines is 1. The van der Waals surface area contributed by atoms with Gasteiger partial charge in [0, 0.05) is 6.54 Å². The van der Waals surface area contributed by atoms with E-state index in [2.05, 4.69) is 24.1 Å². The summed E-state index contributed by atoms with van der Waals surface area (Å²) in [7, 11) is 0. The number of hydrogen-bond donors (Lipinski definition) is 2. The molecule has 0 radical (unpaired) electrons. The first-order valence-electron chi connectivity index (χ1n) is 9.73. The van der Waals surface area contributed by atoms with E-state index in [4.69, 9.17) is 11.6 Å². The van der Waals surface area contributed by atoms with Gasteiger partial charge in [-0.2, -0.15) is 0 Å². The van der Waals surface area contributed by atoms with Crippen molar-refractivity contribution in [3.05, 3.63) is 59.0 Å². The van der Waals surface area contributed by atoms with Crippen molar-refractivity contribution in [2.24, 2.45) is 5.41 Å². The van der Waals surface area contributed by atoms with E-state index in [0.29, 0.717) is 12.0 Å². The van der Waals surface area contributed by atoms with Gasteiger partial charge in [-0.25, -0.2) is 9.18 Å². The number of hydrogen-bond acceptors (Lipinski definition) is 1. The molecule has 1 atom stereocenters. The number of carbonyl (C=O) groups excluding carboxylic acids is 1. The van der Waals surface area contributed by atoms with E-state index in [9.17, 15) is 9.18 Å². The highest BCUT2D eigenvalue weighted by molar-refractivity contribution is 6.24. The third-order valence-corrected chi connectivity index (χ3v) is 6.05. The van der Waals surface area contributed by atoms with Gasteiger partial charge in [-0.1, -0.05) is 36.8 Å². The van der Waals surface area contributed by atoms with E-state index in [1.54, 1.807) is 6.07 Å². The molecule has 150 valence electrons. The molecule has 1 unspecified atom stereocenters. The third kappa shape index (κ3) is 5.05. The number of alkyl halides is 1. The summed E-state index contributed by atoms with van der Waals surface area (Å²) in [4.78, 5) is 12.2. The minimum Gasteiger partial charge on any atom is -0.338 e. The van der Waals surface area contributed by atoms with Crippen molar-refractivity contribution >= 4 is 28.9 Å². The first-order chi connectivity index (χ1) is 13.2. The summed E-state index contributed by atoms with van der Waals surface area (Å²) in [6.07, 6.45) is 8.08. The molecular weight excluding hydrogens is 375 g/mol. The van der Waals surface area contributed by atoms with Crippen LogP contribution in [0.3, 0.4) is 0 Å². The Morgan fingerprint density at radius 1 is 1.36 bits per heavy atom. The van der Waals surface area contributed by atoms with Gasteiger partial charge >= 0.3 is 6.03 Å². The van der Waals surface area contributed by atoms with E-state index < -0.39 is 5.82 Å². The monoisotopic (exact) mass is 402 g/mol. The predicted molar refractivity (Wildman–Crippen MR) is 115 cm³/mol. The summed E-state index contributed by atoms with van der Waals surface area (Å²) in [5.74, 6) is -0.452. The first kappa shape index (κ1) is 20.7. The van der Waals surface area contributed by atoms with Crippen LogP contribution in [0.1, 0.15) is 50.7 Å². The summed E-state index contributed by atoms with van der Waals surface area (Å²) in [6.45, 7) is 10.7. The van der Waals surface area contributed by atoms with Gasteiger partial charge in [0.05, 0.1) is 11.1 Å². The van der Waals surface area contributed by atoms with Crippen LogP contribution in [0.15, 0.2) is 42.0 Å². The molecule has 5 heteroatoms. The van der Waals surface area contributed by atoms with Crippen LogP contribution in [0.25, 0.3) is 5.57 Å². The van der Waals surface area contributed by atoms with Gasteiger partial charge in [-0.3, -0.25) is 0 Å². The minimum atomic E-state index is -0.452. The van der Waals surface area contributed by atoms with E-state index in [1.165, 1.54) is 18.9 Å². The van der Waals surface area contributed by atoms with Gasteiger partial charge in [0.15, 0.2) is 0 Å². The van der Waals surface area contributed by atoms with E-state index in [0.717, 1.165) is 40.7 Å². The Kier molecular flexibility index (Phi) is 5.99. The molecule has 3 rings (SSSR count). The van der Waals surface area contributed by atoms with Crippen molar-refractivity contribution in [3.8, 4) is 0 Å². The number of halogens is 2. The lowest BCUT2D eigenvalue weighted by atomic mass is 9.97. The zero-order chi connectivity index (χ0) is 20.5. The molecule has 2 aliphatic rings. The Balaban J connectivity index is 1.78. The minimum absolute atomic E-state index is 0.164. The maximum absolute atomic E-state index is 14.5. The summed E-state index contributed by atoms with van der Waals surface area (Å²) in [5, 5.41) is 5.19. The number of carbonyl (C=O) groups is 1. The largest absolute Gasteiger partial charge is 0.338 e. The fourth-order valence-electron chi connectivity index (χ4n) is 3.45. The highest BCUT2D eigenvalue weighted by Gasteiger charge is 2.36. The van der Waals surface area contributed by atoms with Gasteiger partial charge in [-0.05, 0) is 73.8 Å². The van der Waals surface area contributed by atoms with Gasteiger partial charge < -0.3 is 10.6 Å². The molecule has 2 aliphatic carbocycles. The predicted octanol–water partition coefficient (Wildman–Crippen LogP) is 6.34. The highest BCUT2D eigenvalue weighted by atomic mass is 35.5. The summed E-state index contributed by atoms with van der Waals surface area (Å²) in [6, 6.07) is 2.74. The Bertz CT molecular complexity index is 868. The Morgan fingerprint density at radius 2 is 2.07 bits per heavy atom. The van der Waals surface area contributed by atoms with E-state index in [1.807, 2.05) is 26.0 Å². The molecule has 28 heavy (non-hydrogen) atoms. The second kappa shape index (κ2) is 8.12. The summed E-state index contributed by atoms with van der Waals surface area (Å²) < 4.78 is 14.5. The lowest BCUT2D eigenvalue weighted by Crippen LogP contribution is -2.30. The molecule has 0 heterocycles. The number of benzene rings is 1. The number of amides is 2. The van der Waals surface area contributed by atoms with Crippen LogP contribution in [-0.2, 0) is 0 Å². The van der Waals surface area contributed by atoms with Crippen LogP contribution in [0, 0.1) is 18.2 Å². The second-order valence-corrected chi connectivity index (χ2v) is 8.91. The van der Waals surface area contributed by atoms with Gasteiger partial charge in [0.1, 0.15) is 5.82 Å². The van der Waals surface area contributed by atoms with Gasteiger partial charge in [0.2, 0.25) is 0 Å². The lowest BCUT2D eigenvalue weighted by molar-refractivity contribution is 0.251. The fraction of sp³-hybridized carbons (Fsp3) is 0.435. The number of nitrogens with one attached hydrogen (secondary N) is 2. The number of allylic oxidation sites excluding steroid dienone is 5. The smallest absolute Gasteiger partial charge is 0.319 e. The van der Waals surface area contributed by atoms with Crippen molar-refractivity contribution in [1.82, 2.24) is 5.32 Å². The Morgan fingerprint density at radius 3 is 2.75 bits per heavy atom. The van der Waals surface area contributed by atoms with Crippen molar-refractivity contribution < 1.29 is 9.18 Å². The Labute approximate surface area is 171 Å². The Hall–Kier alpha value is -2.07. The normalized spacial score (nSPS) is 20.8. The standard InChI is InChI=1S/C23H28ClFN2O/c1-14-9-16(3)19(24)12-17(10-14)18-13-21(20(25)11-15(18)2)27-22(28)26-8-7-23(4)5-6-23/h10-13,19H,3,5-9H2,1-2,4H3,(H2,26,27,28). The number of urea groups is 1. The molecule has 0 bridgehead atoms. The number of rotatable bonds is 5. The first-order valence-corrected chi connectivity index (χ1v) is 10.2. The molecule has 2 amide bonds. The fourth-order valence-corrected chi connectivity index (χ4v) is 3.66. The average Bonchev–Trinajstić information content (AvgIpc) is 3.35. The molecule has 1 fully saturated rings. The van der Waals surface area contributed by atoms with Crippen LogP contribution in [0.4, 0.5) is 14.9 Å². The van der Waals surface area contributed by atoms with Gasteiger partial charge in [-0.15, -0.1) is 11.6 Å². The van der Waals surface area contributed by atoms with Crippen LogP contribution in [0.5, 0.6) is 0 Å². The van der Waals surface area contributed by atoms with Crippen LogP contribution < -0.4 is 10.6 Å². The quantitative estimate of drug-likeness (QED) is 0.437. The van der Waals surface area contributed by atoms with Gasteiger partial charge in [0.25, 0.3) is 0 Å². The topological polar surface area (TPSA) is 41.1 Å². The van der Waals surface area contributed by atoms with Crippen molar-refractivity contribution in [2.75, 3.05) is 11.9 Å². The van der Waals surface area contributed by atoms with Crippen molar-refractivity contribution in [1.29, 1.82) is 0 Å². The summed E-state index contributed by atoms with van der Waals surface area (Å²) in [5.41, 5.74) is 5.17. The summed E-state index contributed by atoms with van der Waals surface area (Å²) >= 11 is 6.43. The molecule has 2 N–H and O–H groups in total. The molecule has 0 spiro atoms. The molecule has 0 saturated heterocycles. The molecular formula is C23H28ClFN2O. The molecule has 1 aromatic rings. The van der Waals surface area contributed by atoms with Crippen LogP contribution >= 0.6 is 11.6 Å². The maximum Gasteiger partial charge on any atom is 0.319 e. The van der Waals surface area contributed by atoms with E-state index in [-0.39, 0.29) is 17.1 Å². The SMILES string of the molecule is C=C1CC(C)=CC(c2cc(NC(=O)NCCC3(C)CC3)c(F)cc2C)=CC1Cl. The molecule has 3 nitrogen and oxygen atoms in total. The molecule has 1 saturated carbocycles. The molecule has 1 aromatic carbocycles. The van der Waals surface area contributed by atoms with Crippen LogP contribution in [0.2, 0.25) is 0 Å². The molecule has 0 aromatic heterocycles. The number of aryl methyl sites for hydroxylation is 1. The van der Waals surface area contributed by atoms with Crippen molar-refractivity contribution in [3.63, 3.8) is 0 Å². The average molecular weight is 403 g/mol. The van der Waals surface area contributed by atoms with Crippen molar-refractivity contribution in [2.45, 2.75) is 51.8 Å². The van der Waals surface area contributed by atoms with Crippen LogP contribution in [-0.4, -0.2) is 18.0 Å². The van der Waals surface area contributed by atoms with E-state index >= 15 is 0 Å². The third-order valence-electron chi connectivity index (χ3n) is 5.61. The maximum atomic E-state index is 14.5. The zero-order valence-corrected chi connectivity index (χ0v) is 17.5.